The molecule has 1 saturated heterocycles. The molecular formula is C14H20BrNO2. The Bertz CT molecular complexity index is 372. The van der Waals surface area contributed by atoms with Crippen LogP contribution >= 0.6 is 15.9 Å². The molecule has 0 saturated carbocycles. The van der Waals surface area contributed by atoms with Crippen molar-refractivity contribution in [1.82, 2.24) is 4.90 Å². The van der Waals surface area contributed by atoms with Gasteiger partial charge in [-0.3, -0.25) is 4.90 Å². The van der Waals surface area contributed by atoms with Gasteiger partial charge in [0.2, 0.25) is 0 Å². The molecular weight excluding hydrogens is 294 g/mol. The first-order valence-electron chi connectivity index (χ1n) is 6.36. The summed E-state index contributed by atoms with van der Waals surface area (Å²) >= 11 is 3.40. The van der Waals surface area contributed by atoms with Crippen molar-refractivity contribution in [2.45, 2.75) is 32.2 Å². The van der Waals surface area contributed by atoms with Crippen LogP contribution in [-0.2, 0) is 4.74 Å². The molecule has 0 spiro atoms. The Morgan fingerprint density at radius 2 is 1.83 bits per heavy atom. The van der Waals surface area contributed by atoms with Crippen LogP contribution in [0.2, 0.25) is 0 Å². The molecule has 0 unspecified atom stereocenters. The summed E-state index contributed by atoms with van der Waals surface area (Å²) < 4.78 is 6.72. The third-order valence-electron chi connectivity index (χ3n) is 3.18. The average molecular weight is 314 g/mol. The van der Waals surface area contributed by atoms with Crippen LogP contribution in [0, 0.1) is 0 Å². The van der Waals surface area contributed by atoms with E-state index in [0.717, 1.165) is 23.1 Å². The second-order valence-electron chi connectivity index (χ2n) is 5.04. The van der Waals surface area contributed by atoms with Gasteiger partial charge in [-0.1, -0.05) is 28.1 Å². The van der Waals surface area contributed by atoms with Gasteiger partial charge in [-0.15, -0.1) is 0 Å². The number of rotatable bonds is 3. The minimum Gasteiger partial charge on any atom is -0.387 e. The van der Waals surface area contributed by atoms with Crippen LogP contribution in [0.25, 0.3) is 0 Å². The van der Waals surface area contributed by atoms with Crippen molar-refractivity contribution in [2.75, 3.05) is 19.6 Å². The molecule has 0 aromatic heterocycles. The molecule has 4 heteroatoms. The summed E-state index contributed by atoms with van der Waals surface area (Å²) in [6, 6.07) is 7.84. The Labute approximate surface area is 117 Å². The van der Waals surface area contributed by atoms with E-state index in [-0.39, 0.29) is 12.2 Å². The van der Waals surface area contributed by atoms with Gasteiger partial charge in [-0.25, -0.2) is 0 Å². The zero-order valence-corrected chi connectivity index (χ0v) is 12.4. The van der Waals surface area contributed by atoms with Crippen LogP contribution < -0.4 is 0 Å². The van der Waals surface area contributed by atoms with Crippen molar-refractivity contribution >= 4 is 15.9 Å². The number of β-amino-alcohol motifs (C(OH)–C–C–N with tert-alkyl or cyclic N) is 1. The molecule has 1 heterocycles. The molecule has 2 rings (SSSR count). The monoisotopic (exact) mass is 313 g/mol. The molecule has 3 nitrogen and oxygen atoms in total. The van der Waals surface area contributed by atoms with Gasteiger partial charge < -0.3 is 9.84 Å². The highest BCUT2D eigenvalue weighted by Crippen LogP contribution is 2.19. The highest BCUT2D eigenvalue weighted by Gasteiger charge is 2.24. The second-order valence-corrected chi connectivity index (χ2v) is 5.96. The summed E-state index contributed by atoms with van der Waals surface area (Å²) in [6.07, 6.45) is 0.0485. The molecule has 0 aliphatic carbocycles. The first kappa shape index (κ1) is 14.0. The van der Waals surface area contributed by atoms with Crippen LogP contribution in [-0.4, -0.2) is 41.8 Å². The number of morpholine rings is 1. The van der Waals surface area contributed by atoms with Gasteiger partial charge in [0.05, 0.1) is 18.3 Å². The normalized spacial score (nSPS) is 27.1. The zero-order valence-electron chi connectivity index (χ0n) is 10.8. The van der Waals surface area contributed by atoms with Crippen molar-refractivity contribution in [3.05, 3.63) is 34.3 Å². The largest absolute Gasteiger partial charge is 0.387 e. The Kier molecular flexibility index (Phi) is 4.78. The Hall–Kier alpha value is -0.420. The van der Waals surface area contributed by atoms with E-state index in [9.17, 15) is 5.11 Å². The molecule has 1 N–H and O–H groups in total. The molecule has 3 atom stereocenters. The van der Waals surface area contributed by atoms with Crippen molar-refractivity contribution in [1.29, 1.82) is 0 Å². The van der Waals surface area contributed by atoms with Gasteiger partial charge in [0.15, 0.2) is 0 Å². The van der Waals surface area contributed by atoms with Crippen molar-refractivity contribution in [3.63, 3.8) is 0 Å². The predicted octanol–water partition coefficient (Wildman–Crippen LogP) is 2.59. The van der Waals surface area contributed by atoms with Gasteiger partial charge in [-0.2, -0.15) is 0 Å². The predicted molar refractivity (Wildman–Crippen MR) is 75.6 cm³/mol. The van der Waals surface area contributed by atoms with Crippen LogP contribution in [0.4, 0.5) is 0 Å². The standard InChI is InChI=1S/C14H20BrNO2/c1-10-7-16(8-11(2)18-10)9-14(17)12-3-5-13(15)6-4-12/h3-6,10-11,14,17H,7-9H2,1-2H3/t10-,11+,14-/m0/s1. The van der Waals surface area contributed by atoms with Crippen LogP contribution in [0.3, 0.4) is 0 Å². The molecule has 1 aromatic rings. The summed E-state index contributed by atoms with van der Waals surface area (Å²) in [7, 11) is 0. The average Bonchev–Trinajstić information content (AvgIpc) is 2.28. The Morgan fingerprint density at radius 1 is 1.28 bits per heavy atom. The molecule has 1 aliphatic rings. The van der Waals surface area contributed by atoms with Crippen LogP contribution in [0.5, 0.6) is 0 Å². The summed E-state index contributed by atoms with van der Waals surface area (Å²) in [5, 5.41) is 10.2. The van der Waals surface area contributed by atoms with E-state index >= 15 is 0 Å². The van der Waals surface area contributed by atoms with Crippen molar-refractivity contribution in [3.8, 4) is 0 Å². The number of nitrogens with zero attached hydrogens (tertiary/aromatic N) is 1. The lowest BCUT2D eigenvalue weighted by molar-refractivity contribution is -0.0767. The quantitative estimate of drug-likeness (QED) is 0.931. The maximum absolute atomic E-state index is 10.2. The molecule has 0 radical (unpaired) electrons. The smallest absolute Gasteiger partial charge is 0.0916 e. The number of aliphatic hydroxyl groups is 1. The van der Waals surface area contributed by atoms with Gasteiger partial charge in [0, 0.05) is 24.1 Å². The lowest BCUT2D eigenvalue weighted by Gasteiger charge is -2.36. The van der Waals surface area contributed by atoms with E-state index in [0.29, 0.717) is 6.54 Å². The molecule has 1 fully saturated rings. The number of hydrogen-bond donors (Lipinski definition) is 1. The number of halogens is 1. The third kappa shape index (κ3) is 3.79. The minimum absolute atomic E-state index is 0.242. The summed E-state index contributed by atoms with van der Waals surface area (Å²) in [5.41, 5.74) is 0.963. The van der Waals surface area contributed by atoms with Crippen molar-refractivity contribution < 1.29 is 9.84 Å². The lowest BCUT2D eigenvalue weighted by Crippen LogP contribution is -2.46. The molecule has 18 heavy (non-hydrogen) atoms. The summed E-state index contributed by atoms with van der Waals surface area (Å²) in [6.45, 7) is 6.60. The van der Waals surface area contributed by atoms with E-state index in [1.807, 2.05) is 24.3 Å². The maximum Gasteiger partial charge on any atom is 0.0916 e. The third-order valence-corrected chi connectivity index (χ3v) is 3.71. The topological polar surface area (TPSA) is 32.7 Å². The van der Waals surface area contributed by atoms with E-state index in [2.05, 4.69) is 34.7 Å². The number of hydrogen-bond acceptors (Lipinski definition) is 3. The molecule has 100 valence electrons. The van der Waals surface area contributed by atoms with E-state index in [4.69, 9.17) is 4.74 Å². The summed E-state index contributed by atoms with van der Waals surface area (Å²) in [4.78, 5) is 2.27. The van der Waals surface area contributed by atoms with E-state index in [1.54, 1.807) is 0 Å². The fourth-order valence-corrected chi connectivity index (χ4v) is 2.73. The fraction of sp³-hybridized carbons (Fsp3) is 0.571. The SMILES string of the molecule is C[C@@H]1CN(C[C@H](O)c2ccc(Br)cc2)C[C@H](C)O1. The molecule has 0 bridgehead atoms. The Balaban J connectivity index is 1.94. The molecule has 0 amide bonds. The second kappa shape index (κ2) is 6.15. The van der Waals surface area contributed by atoms with Gasteiger partial charge in [-0.05, 0) is 31.5 Å². The highest BCUT2D eigenvalue weighted by atomic mass is 79.9. The van der Waals surface area contributed by atoms with Crippen molar-refractivity contribution in [2.24, 2.45) is 0 Å². The molecule has 1 aliphatic heterocycles. The van der Waals surface area contributed by atoms with Gasteiger partial charge in [0.25, 0.3) is 0 Å². The first-order chi connectivity index (χ1) is 8.54. The Morgan fingerprint density at radius 3 is 2.39 bits per heavy atom. The van der Waals surface area contributed by atoms with Crippen LogP contribution in [0.15, 0.2) is 28.7 Å². The number of benzene rings is 1. The summed E-state index contributed by atoms with van der Waals surface area (Å²) in [5.74, 6) is 0. The zero-order chi connectivity index (χ0) is 13.1. The van der Waals surface area contributed by atoms with Crippen LogP contribution in [0.1, 0.15) is 25.5 Å². The van der Waals surface area contributed by atoms with E-state index < -0.39 is 6.10 Å². The molecule has 1 aromatic carbocycles. The minimum atomic E-state index is -0.435. The van der Waals surface area contributed by atoms with E-state index in [1.165, 1.54) is 0 Å². The first-order valence-corrected chi connectivity index (χ1v) is 7.15. The van der Waals surface area contributed by atoms with Gasteiger partial charge in [0.1, 0.15) is 0 Å². The lowest BCUT2D eigenvalue weighted by atomic mass is 10.1. The number of aliphatic hydroxyl groups excluding tert-OH is 1. The van der Waals surface area contributed by atoms with Gasteiger partial charge >= 0.3 is 0 Å². The fourth-order valence-electron chi connectivity index (χ4n) is 2.47. The highest BCUT2D eigenvalue weighted by molar-refractivity contribution is 9.10. The number of ether oxygens (including phenoxy) is 1. The maximum atomic E-state index is 10.2.